The highest BCUT2D eigenvalue weighted by atomic mass is 79.9. The van der Waals surface area contributed by atoms with E-state index >= 15 is 0 Å². The molecule has 2 aromatic rings. The van der Waals surface area contributed by atoms with Crippen molar-refractivity contribution in [1.29, 1.82) is 0 Å². The van der Waals surface area contributed by atoms with Crippen LogP contribution < -0.4 is 20.1 Å². The average Bonchev–Trinajstić information content (AvgIpc) is 2.55. The summed E-state index contributed by atoms with van der Waals surface area (Å²) in [5, 5.41) is 6.56. The van der Waals surface area contributed by atoms with Crippen LogP contribution in [0.5, 0.6) is 11.5 Å². The van der Waals surface area contributed by atoms with Crippen molar-refractivity contribution in [1.82, 2.24) is 5.32 Å². The van der Waals surface area contributed by atoms with Crippen LogP contribution in [-0.2, 0) is 0 Å². The van der Waals surface area contributed by atoms with E-state index in [2.05, 4.69) is 26.6 Å². The van der Waals surface area contributed by atoms with Crippen LogP contribution in [0.2, 0.25) is 0 Å². The quantitative estimate of drug-likeness (QED) is 0.645. The van der Waals surface area contributed by atoms with Gasteiger partial charge in [0.05, 0.1) is 18.8 Å². The Balaban J connectivity index is 1.79. The summed E-state index contributed by atoms with van der Waals surface area (Å²) in [5.41, 5.74) is 0.952. The molecule has 0 unspecified atom stereocenters. The largest absolute Gasteiger partial charge is 0.497 e. The normalized spacial score (nSPS) is 17.7. The molecule has 7 heteroatoms. The Hall–Kier alpha value is -1.86. The molecule has 3 rings (SSSR count). The Labute approximate surface area is 166 Å². The fourth-order valence-corrected chi connectivity index (χ4v) is 3.58. The molecule has 1 aliphatic heterocycles. The van der Waals surface area contributed by atoms with E-state index in [4.69, 9.17) is 21.7 Å². The van der Waals surface area contributed by atoms with Crippen LogP contribution in [0, 0.1) is 5.82 Å². The molecule has 138 valence electrons. The van der Waals surface area contributed by atoms with Gasteiger partial charge < -0.3 is 20.1 Å². The highest BCUT2D eigenvalue weighted by Gasteiger charge is 2.34. The minimum atomic E-state index is -0.374. The number of hydrogen-bond donors (Lipinski definition) is 2. The van der Waals surface area contributed by atoms with Crippen molar-refractivity contribution in [3.63, 3.8) is 0 Å². The zero-order chi connectivity index (χ0) is 18.9. The summed E-state index contributed by atoms with van der Waals surface area (Å²) in [6.07, 6.45) is 0.719. The number of anilines is 1. The lowest BCUT2D eigenvalue weighted by Gasteiger charge is -2.38. The molecule has 0 aromatic heterocycles. The predicted octanol–water partition coefficient (Wildman–Crippen LogP) is 5.19. The summed E-state index contributed by atoms with van der Waals surface area (Å²) in [6.45, 7) is 4.05. The van der Waals surface area contributed by atoms with Crippen molar-refractivity contribution in [3.8, 4) is 11.5 Å². The Morgan fingerprint density at radius 3 is 2.77 bits per heavy atom. The van der Waals surface area contributed by atoms with Crippen molar-refractivity contribution in [2.45, 2.75) is 31.9 Å². The van der Waals surface area contributed by atoms with Crippen molar-refractivity contribution in [3.05, 3.63) is 52.3 Å². The van der Waals surface area contributed by atoms with E-state index in [0.29, 0.717) is 15.3 Å². The van der Waals surface area contributed by atoms with Crippen molar-refractivity contribution >= 4 is 38.9 Å². The van der Waals surface area contributed by atoms with Gasteiger partial charge in [0.25, 0.3) is 0 Å². The fraction of sp³-hybridized carbons (Fsp3) is 0.316. The number of methoxy groups -OCH3 is 1. The van der Waals surface area contributed by atoms with Gasteiger partial charge in [-0.15, -0.1) is 0 Å². The van der Waals surface area contributed by atoms with Gasteiger partial charge in [0, 0.05) is 22.5 Å². The number of rotatable bonds is 3. The van der Waals surface area contributed by atoms with Crippen LogP contribution >= 0.6 is 28.1 Å². The van der Waals surface area contributed by atoms with Gasteiger partial charge in [-0.2, -0.15) is 0 Å². The smallest absolute Gasteiger partial charge is 0.171 e. The zero-order valence-electron chi connectivity index (χ0n) is 14.7. The Morgan fingerprint density at radius 1 is 1.31 bits per heavy atom. The first-order valence-corrected chi connectivity index (χ1v) is 9.37. The molecule has 26 heavy (non-hydrogen) atoms. The van der Waals surface area contributed by atoms with Gasteiger partial charge in [-0.3, -0.25) is 0 Å². The topological polar surface area (TPSA) is 42.5 Å². The second-order valence-electron chi connectivity index (χ2n) is 6.74. The summed E-state index contributed by atoms with van der Waals surface area (Å²) in [7, 11) is 1.62. The molecule has 0 radical (unpaired) electrons. The number of hydrogen-bond acceptors (Lipinski definition) is 3. The molecule has 0 saturated carbocycles. The van der Waals surface area contributed by atoms with Gasteiger partial charge in [0.2, 0.25) is 0 Å². The molecule has 0 aliphatic carbocycles. The van der Waals surface area contributed by atoms with Crippen LogP contribution in [0.4, 0.5) is 10.1 Å². The van der Waals surface area contributed by atoms with E-state index in [-0.39, 0.29) is 17.5 Å². The first kappa shape index (κ1) is 18.9. The Bertz CT molecular complexity index is 844. The van der Waals surface area contributed by atoms with Gasteiger partial charge in [0.15, 0.2) is 5.11 Å². The summed E-state index contributed by atoms with van der Waals surface area (Å²) in [4.78, 5) is 0. The molecular formula is C19H20BrFN2O2S. The van der Waals surface area contributed by atoms with Gasteiger partial charge in [-0.05, 0) is 56.4 Å². The molecule has 0 bridgehead atoms. The molecule has 0 fully saturated rings. The van der Waals surface area contributed by atoms with Crippen LogP contribution in [-0.4, -0.2) is 17.8 Å². The lowest BCUT2D eigenvalue weighted by Crippen LogP contribution is -2.42. The monoisotopic (exact) mass is 438 g/mol. The van der Waals surface area contributed by atoms with E-state index in [0.717, 1.165) is 23.5 Å². The standard InChI is InChI=1S/C19H20BrFN2O2S/c1-19(2)10-16(13-6-5-12(24-3)9-17(13)25-19)23-18(26)22-15-7-4-11(20)8-14(15)21/h4-9,16H,10H2,1-3H3,(H2,22,23,26)/t16-/m0/s1. The third-order valence-corrected chi connectivity index (χ3v) is 4.88. The van der Waals surface area contributed by atoms with Gasteiger partial charge in [-0.1, -0.05) is 15.9 Å². The molecule has 0 spiro atoms. The highest BCUT2D eigenvalue weighted by molar-refractivity contribution is 9.10. The van der Waals surface area contributed by atoms with E-state index in [1.807, 2.05) is 32.0 Å². The second kappa shape index (κ2) is 7.40. The molecular weight excluding hydrogens is 419 g/mol. The Morgan fingerprint density at radius 2 is 2.08 bits per heavy atom. The minimum absolute atomic E-state index is 0.0573. The first-order chi connectivity index (χ1) is 12.3. The van der Waals surface area contributed by atoms with Gasteiger partial charge >= 0.3 is 0 Å². The molecule has 0 saturated heterocycles. The number of benzene rings is 2. The van der Waals surface area contributed by atoms with Crippen molar-refractivity contribution in [2.75, 3.05) is 12.4 Å². The zero-order valence-corrected chi connectivity index (χ0v) is 17.1. The third-order valence-electron chi connectivity index (χ3n) is 4.16. The third kappa shape index (κ3) is 4.27. The number of fused-ring (bicyclic) bond motifs is 1. The van der Waals surface area contributed by atoms with Crippen LogP contribution in [0.15, 0.2) is 40.9 Å². The minimum Gasteiger partial charge on any atom is -0.497 e. The number of ether oxygens (including phenoxy) is 2. The predicted molar refractivity (Wildman–Crippen MR) is 109 cm³/mol. The summed E-state index contributed by atoms with van der Waals surface area (Å²) < 4.78 is 26.1. The first-order valence-electron chi connectivity index (χ1n) is 8.17. The maximum atomic E-state index is 14.0. The summed E-state index contributed by atoms with van der Waals surface area (Å²) in [6, 6.07) is 10.5. The van der Waals surface area contributed by atoms with E-state index in [1.165, 1.54) is 6.07 Å². The summed E-state index contributed by atoms with van der Waals surface area (Å²) >= 11 is 8.64. The highest BCUT2D eigenvalue weighted by Crippen LogP contribution is 2.41. The molecule has 2 aromatic carbocycles. The van der Waals surface area contributed by atoms with Crippen LogP contribution in [0.1, 0.15) is 31.9 Å². The maximum absolute atomic E-state index is 14.0. The molecule has 1 atom stereocenters. The van der Waals surface area contributed by atoms with Crippen LogP contribution in [0.3, 0.4) is 0 Å². The number of thiocarbonyl (C=S) groups is 1. The molecule has 0 amide bonds. The fourth-order valence-electron chi connectivity index (χ4n) is 3.00. The Kier molecular flexibility index (Phi) is 5.39. The van der Waals surface area contributed by atoms with E-state index < -0.39 is 0 Å². The molecule has 2 N–H and O–H groups in total. The second-order valence-corrected chi connectivity index (χ2v) is 8.07. The maximum Gasteiger partial charge on any atom is 0.171 e. The lowest BCUT2D eigenvalue weighted by atomic mass is 9.89. The van der Waals surface area contributed by atoms with Crippen molar-refractivity contribution < 1.29 is 13.9 Å². The molecule has 1 aliphatic rings. The van der Waals surface area contributed by atoms with E-state index in [1.54, 1.807) is 19.2 Å². The van der Waals surface area contributed by atoms with Gasteiger partial charge in [0.1, 0.15) is 22.9 Å². The summed E-state index contributed by atoms with van der Waals surface area (Å²) in [5.74, 6) is 1.12. The molecule has 4 nitrogen and oxygen atoms in total. The van der Waals surface area contributed by atoms with Crippen LogP contribution in [0.25, 0.3) is 0 Å². The van der Waals surface area contributed by atoms with E-state index in [9.17, 15) is 4.39 Å². The average molecular weight is 439 g/mol. The SMILES string of the molecule is COc1ccc2c(c1)OC(C)(C)C[C@@H]2NC(=S)Nc1ccc(Br)cc1F. The van der Waals surface area contributed by atoms with Gasteiger partial charge in [-0.25, -0.2) is 4.39 Å². The number of nitrogens with one attached hydrogen (secondary N) is 2. The number of halogens is 2. The lowest BCUT2D eigenvalue weighted by molar-refractivity contribution is 0.0693. The van der Waals surface area contributed by atoms with Crippen molar-refractivity contribution in [2.24, 2.45) is 0 Å². The molecule has 1 heterocycles.